The lowest BCUT2D eigenvalue weighted by atomic mass is 9.98. The molecular formula is C14H22ClNO3S2. The summed E-state index contributed by atoms with van der Waals surface area (Å²) in [6, 6.07) is 2.95. The third-order valence-electron chi connectivity index (χ3n) is 3.40. The van der Waals surface area contributed by atoms with Gasteiger partial charge in [-0.25, -0.2) is 8.42 Å². The fourth-order valence-electron chi connectivity index (χ4n) is 2.07. The Morgan fingerprint density at radius 3 is 2.52 bits per heavy atom. The van der Waals surface area contributed by atoms with Gasteiger partial charge in [0, 0.05) is 21.5 Å². The normalized spacial score (nSPS) is 14.7. The van der Waals surface area contributed by atoms with Gasteiger partial charge in [0.15, 0.2) is 0 Å². The van der Waals surface area contributed by atoms with Crippen LogP contribution in [-0.4, -0.2) is 14.3 Å². The first-order valence-corrected chi connectivity index (χ1v) is 10.3. The van der Waals surface area contributed by atoms with Crippen LogP contribution in [0.2, 0.25) is 0 Å². The Balaban J connectivity index is 2.69. The molecule has 0 aliphatic carbocycles. The molecule has 1 rings (SSSR count). The molecule has 1 aromatic heterocycles. The highest BCUT2D eigenvalue weighted by Crippen LogP contribution is 2.29. The van der Waals surface area contributed by atoms with E-state index in [4.69, 9.17) is 10.7 Å². The highest BCUT2D eigenvalue weighted by Gasteiger charge is 2.21. The van der Waals surface area contributed by atoms with E-state index in [1.807, 2.05) is 13.8 Å². The summed E-state index contributed by atoms with van der Waals surface area (Å²) in [6.45, 7) is 5.96. The number of unbranched alkanes of at least 4 members (excludes halogenated alkanes) is 1. The summed E-state index contributed by atoms with van der Waals surface area (Å²) in [4.78, 5) is 13.0. The first-order chi connectivity index (χ1) is 9.79. The van der Waals surface area contributed by atoms with Gasteiger partial charge in [-0.1, -0.05) is 26.7 Å². The van der Waals surface area contributed by atoms with Crippen LogP contribution in [0, 0.1) is 5.92 Å². The Labute approximate surface area is 135 Å². The molecule has 120 valence electrons. The second-order valence-corrected chi connectivity index (χ2v) is 8.98. The van der Waals surface area contributed by atoms with Crippen molar-refractivity contribution in [3.05, 3.63) is 17.0 Å². The Hall–Kier alpha value is -0.590. The summed E-state index contributed by atoms with van der Waals surface area (Å²) in [5, 5.41) is 2.95. The largest absolute Gasteiger partial charge is 0.349 e. The van der Waals surface area contributed by atoms with E-state index in [0.29, 0.717) is 0 Å². The van der Waals surface area contributed by atoms with Crippen LogP contribution in [0.1, 0.15) is 57.4 Å². The topological polar surface area (TPSA) is 63.2 Å². The minimum Gasteiger partial charge on any atom is -0.349 e. The first kappa shape index (κ1) is 18.5. The number of hydrogen-bond donors (Lipinski definition) is 1. The van der Waals surface area contributed by atoms with Crippen LogP contribution in [0.15, 0.2) is 16.3 Å². The van der Waals surface area contributed by atoms with Gasteiger partial charge in [0.05, 0.1) is 6.04 Å². The monoisotopic (exact) mass is 351 g/mol. The van der Waals surface area contributed by atoms with Crippen LogP contribution in [0.5, 0.6) is 0 Å². The molecule has 7 heteroatoms. The second kappa shape index (κ2) is 8.15. The maximum atomic E-state index is 12.2. The van der Waals surface area contributed by atoms with Crippen molar-refractivity contribution in [2.75, 3.05) is 0 Å². The van der Waals surface area contributed by atoms with Gasteiger partial charge in [-0.3, -0.25) is 4.79 Å². The lowest BCUT2D eigenvalue weighted by Crippen LogP contribution is -2.32. The molecule has 1 amide bonds. The lowest BCUT2D eigenvalue weighted by Gasteiger charge is -2.18. The zero-order valence-corrected chi connectivity index (χ0v) is 14.9. The van der Waals surface area contributed by atoms with Crippen molar-refractivity contribution in [2.24, 2.45) is 5.92 Å². The Bertz CT molecular complexity index is 569. The first-order valence-electron chi connectivity index (χ1n) is 7.14. The maximum absolute atomic E-state index is 12.2. The molecule has 1 aromatic rings. The number of thiophene rings is 1. The summed E-state index contributed by atoms with van der Waals surface area (Å²) < 4.78 is 22.6. The number of carbonyl (C=O) groups is 1. The quantitative estimate of drug-likeness (QED) is 0.718. The molecule has 2 atom stereocenters. The third-order valence-corrected chi connectivity index (χ3v) is 6.76. The van der Waals surface area contributed by atoms with E-state index >= 15 is 0 Å². The Morgan fingerprint density at radius 2 is 2.05 bits per heavy atom. The van der Waals surface area contributed by atoms with Crippen molar-refractivity contribution in [1.29, 1.82) is 0 Å². The zero-order valence-electron chi connectivity index (χ0n) is 12.6. The number of carbonyl (C=O) groups excluding carboxylic acids is 1. The van der Waals surface area contributed by atoms with E-state index in [9.17, 15) is 13.2 Å². The average Bonchev–Trinajstić information content (AvgIpc) is 2.89. The summed E-state index contributed by atoms with van der Waals surface area (Å²) >= 11 is 1.09. The predicted octanol–water partition coefficient (Wildman–Crippen LogP) is 4.07. The highest BCUT2D eigenvalue weighted by molar-refractivity contribution is 8.15. The van der Waals surface area contributed by atoms with Gasteiger partial charge in [-0.2, -0.15) is 0 Å². The van der Waals surface area contributed by atoms with Gasteiger partial charge in [0.25, 0.3) is 9.05 Å². The molecule has 0 radical (unpaired) electrons. The molecule has 0 aliphatic rings. The number of nitrogens with one attached hydrogen (secondary N) is 1. The molecule has 1 heterocycles. The molecule has 2 unspecified atom stereocenters. The minimum atomic E-state index is -3.70. The van der Waals surface area contributed by atoms with Gasteiger partial charge in [0.2, 0.25) is 5.91 Å². The number of rotatable bonds is 8. The molecule has 0 bridgehead atoms. The second-order valence-electron chi connectivity index (χ2n) is 5.07. The molecule has 0 aromatic carbocycles. The number of halogens is 1. The maximum Gasteiger partial charge on any atom is 0.270 e. The van der Waals surface area contributed by atoms with Crippen molar-refractivity contribution >= 4 is 37.0 Å². The van der Waals surface area contributed by atoms with Crippen LogP contribution in [0.3, 0.4) is 0 Å². The average molecular weight is 352 g/mol. The fraction of sp³-hybridized carbons (Fsp3) is 0.643. The standard InChI is InChI=1S/C14H22ClNO3S2/c1-4-6-7-11(5-2)14(17)16-10(3)12-8-9-13(20-12)21(15,18)19/h8-11H,4-7H2,1-3H3,(H,16,17). The van der Waals surface area contributed by atoms with E-state index < -0.39 is 9.05 Å². The van der Waals surface area contributed by atoms with Crippen LogP contribution in [0.25, 0.3) is 0 Å². The van der Waals surface area contributed by atoms with E-state index in [0.717, 1.165) is 41.9 Å². The molecule has 21 heavy (non-hydrogen) atoms. The highest BCUT2D eigenvalue weighted by atomic mass is 35.7. The SMILES string of the molecule is CCCCC(CC)C(=O)NC(C)c1ccc(S(=O)(=O)Cl)s1. The minimum absolute atomic E-state index is 0.0172. The smallest absolute Gasteiger partial charge is 0.270 e. The number of amides is 1. The number of hydrogen-bond acceptors (Lipinski definition) is 4. The van der Waals surface area contributed by atoms with Gasteiger partial charge in [0.1, 0.15) is 4.21 Å². The summed E-state index contributed by atoms with van der Waals surface area (Å²) in [7, 11) is 1.61. The predicted molar refractivity (Wildman–Crippen MR) is 87.2 cm³/mol. The van der Waals surface area contributed by atoms with E-state index in [2.05, 4.69) is 12.2 Å². The molecule has 0 saturated heterocycles. The molecular weight excluding hydrogens is 330 g/mol. The van der Waals surface area contributed by atoms with Crippen molar-refractivity contribution in [2.45, 2.75) is 56.7 Å². The zero-order chi connectivity index (χ0) is 16.0. The van der Waals surface area contributed by atoms with Crippen LogP contribution < -0.4 is 5.32 Å². The molecule has 4 nitrogen and oxygen atoms in total. The molecule has 0 saturated carbocycles. The van der Waals surface area contributed by atoms with Crippen molar-refractivity contribution in [3.63, 3.8) is 0 Å². The summed E-state index contributed by atoms with van der Waals surface area (Å²) in [6.07, 6.45) is 3.80. The van der Waals surface area contributed by atoms with Gasteiger partial charge >= 0.3 is 0 Å². The fourth-order valence-corrected chi connectivity index (χ4v) is 4.17. The van der Waals surface area contributed by atoms with Crippen molar-refractivity contribution in [1.82, 2.24) is 5.32 Å². The summed E-state index contributed by atoms with van der Waals surface area (Å²) in [5.74, 6) is 0.0470. The van der Waals surface area contributed by atoms with Gasteiger partial charge < -0.3 is 5.32 Å². The van der Waals surface area contributed by atoms with Crippen LogP contribution in [-0.2, 0) is 13.8 Å². The van der Waals surface area contributed by atoms with Crippen molar-refractivity contribution < 1.29 is 13.2 Å². The van der Waals surface area contributed by atoms with Crippen molar-refractivity contribution in [3.8, 4) is 0 Å². The van der Waals surface area contributed by atoms with Crippen LogP contribution >= 0.6 is 22.0 Å². The molecule has 0 aliphatic heterocycles. The molecule has 0 fully saturated rings. The third kappa shape index (κ3) is 5.60. The van der Waals surface area contributed by atoms with Gasteiger partial charge in [-0.05, 0) is 31.9 Å². The lowest BCUT2D eigenvalue weighted by molar-refractivity contribution is -0.126. The molecule has 1 N–H and O–H groups in total. The van der Waals surface area contributed by atoms with Crippen LogP contribution in [0.4, 0.5) is 0 Å². The van der Waals surface area contributed by atoms with E-state index in [-0.39, 0.29) is 22.1 Å². The van der Waals surface area contributed by atoms with E-state index in [1.54, 1.807) is 6.07 Å². The Kier molecular flexibility index (Phi) is 7.16. The van der Waals surface area contributed by atoms with E-state index in [1.165, 1.54) is 6.07 Å². The van der Waals surface area contributed by atoms with Gasteiger partial charge in [-0.15, -0.1) is 11.3 Å². The Morgan fingerprint density at radius 1 is 1.38 bits per heavy atom. The molecule has 0 spiro atoms. The summed E-state index contributed by atoms with van der Waals surface area (Å²) in [5.41, 5.74) is 0.